The van der Waals surface area contributed by atoms with Crippen molar-refractivity contribution in [3.63, 3.8) is 0 Å². The van der Waals surface area contributed by atoms with Crippen molar-refractivity contribution in [3.8, 4) is 0 Å². The maximum absolute atomic E-state index is 13.5. The molecule has 2 N–H and O–H groups in total. The maximum Gasteiger partial charge on any atom is 0.229 e. The number of nitrogens with one attached hydrogen (secondary N) is 2. The molecule has 0 radical (unpaired) electrons. The molecular formula is C13H13BrFN3O2S. The van der Waals surface area contributed by atoms with Crippen LogP contribution in [0.4, 0.5) is 15.8 Å². The van der Waals surface area contributed by atoms with E-state index in [1.54, 1.807) is 6.20 Å². The lowest BCUT2D eigenvalue weighted by atomic mass is 10.2. The molecule has 21 heavy (non-hydrogen) atoms. The molecule has 0 saturated carbocycles. The van der Waals surface area contributed by atoms with Gasteiger partial charge in [-0.2, -0.15) is 0 Å². The standard InChI is InChI=1S/C13H13BrFN3O2S/c1-21(19,20)18-13-6-10(4-5-12(13)15)17-8-11-3-2-9(14)7-16-11/h2-7,17-18H,8H2,1H3. The molecule has 1 aromatic heterocycles. The summed E-state index contributed by atoms with van der Waals surface area (Å²) in [6.45, 7) is 0.442. The summed E-state index contributed by atoms with van der Waals surface area (Å²) in [6, 6.07) is 7.84. The Balaban J connectivity index is 2.10. The van der Waals surface area contributed by atoms with E-state index in [1.165, 1.54) is 18.2 Å². The average molecular weight is 374 g/mol. The summed E-state index contributed by atoms with van der Waals surface area (Å²) >= 11 is 3.30. The van der Waals surface area contributed by atoms with E-state index in [2.05, 4.69) is 31.0 Å². The van der Waals surface area contributed by atoms with Crippen LogP contribution in [0.3, 0.4) is 0 Å². The van der Waals surface area contributed by atoms with E-state index >= 15 is 0 Å². The number of rotatable bonds is 5. The Morgan fingerprint density at radius 1 is 1.29 bits per heavy atom. The second kappa shape index (κ2) is 6.40. The molecular weight excluding hydrogens is 361 g/mol. The number of anilines is 2. The Labute approximate surface area is 130 Å². The Morgan fingerprint density at radius 2 is 2.05 bits per heavy atom. The van der Waals surface area contributed by atoms with Crippen LogP contribution in [0.25, 0.3) is 0 Å². The molecule has 0 spiro atoms. The molecule has 0 saturated heterocycles. The first-order valence-corrected chi connectivity index (χ1v) is 8.63. The normalized spacial score (nSPS) is 11.2. The lowest BCUT2D eigenvalue weighted by Gasteiger charge is -2.10. The highest BCUT2D eigenvalue weighted by Crippen LogP contribution is 2.21. The van der Waals surface area contributed by atoms with E-state index in [0.29, 0.717) is 12.2 Å². The van der Waals surface area contributed by atoms with Gasteiger partial charge >= 0.3 is 0 Å². The highest BCUT2D eigenvalue weighted by Gasteiger charge is 2.08. The molecule has 8 heteroatoms. The van der Waals surface area contributed by atoms with Gasteiger partial charge in [0.05, 0.1) is 24.2 Å². The molecule has 0 bridgehead atoms. The first-order valence-electron chi connectivity index (χ1n) is 5.95. The molecule has 2 rings (SSSR count). The van der Waals surface area contributed by atoms with Crippen LogP contribution < -0.4 is 10.0 Å². The van der Waals surface area contributed by atoms with Gasteiger partial charge in [0, 0.05) is 16.4 Å². The summed E-state index contributed by atoms with van der Waals surface area (Å²) in [7, 11) is -3.52. The number of hydrogen-bond acceptors (Lipinski definition) is 4. The third-order valence-electron chi connectivity index (χ3n) is 2.52. The molecule has 112 valence electrons. The van der Waals surface area contributed by atoms with Crippen LogP contribution in [0.2, 0.25) is 0 Å². The summed E-state index contributed by atoms with van der Waals surface area (Å²) in [5.41, 5.74) is 1.30. The number of aromatic nitrogens is 1. The number of hydrogen-bond donors (Lipinski definition) is 2. The Kier molecular flexibility index (Phi) is 4.79. The molecule has 0 atom stereocenters. The van der Waals surface area contributed by atoms with Crippen LogP contribution in [0.15, 0.2) is 41.0 Å². The SMILES string of the molecule is CS(=O)(=O)Nc1cc(NCc2ccc(Br)cn2)ccc1F. The van der Waals surface area contributed by atoms with E-state index in [0.717, 1.165) is 16.4 Å². The van der Waals surface area contributed by atoms with Gasteiger partial charge in [0.1, 0.15) is 5.82 Å². The van der Waals surface area contributed by atoms with E-state index in [9.17, 15) is 12.8 Å². The first-order chi connectivity index (χ1) is 9.83. The zero-order valence-electron chi connectivity index (χ0n) is 11.1. The van der Waals surface area contributed by atoms with Crippen LogP contribution in [-0.4, -0.2) is 19.7 Å². The van der Waals surface area contributed by atoms with Gasteiger partial charge in [0.2, 0.25) is 10.0 Å². The molecule has 1 heterocycles. The van der Waals surface area contributed by atoms with E-state index in [-0.39, 0.29) is 5.69 Å². The van der Waals surface area contributed by atoms with Gasteiger partial charge in [-0.05, 0) is 46.3 Å². The van der Waals surface area contributed by atoms with Gasteiger partial charge in [0.25, 0.3) is 0 Å². The fourth-order valence-electron chi connectivity index (χ4n) is 1.62. The smallest absolute Gasteiger partial charge is 0.229 e. The van der Waals surface area contributed by atoms with Gasteiger partial charge < -0.3 is 5.32 Å². The van der Waals surface area contributed by atoms with Crippen molar-refractivity contribution in [2.45, 2.75) is 6.54 Å². The van der Waals surface area contributed by atoms with Crippen LogP contribution >= 0.6 is 15.9 Å². The van der Waals surface area contributed by atoms with Crippen LogP contribution in [0.1, 0.15) is 5.69 Å². The van der Waals surface area contributed by atoms with Crippen molar-refractivity contribution < 1.29 is 12.8 Å². The third-order valence-corrected chi connectivity index (χ3v) is 3.58. The van der Waals surface area contributed by atoms with Gasteiger partial charge in [-0.1, -0.05) is 0 Å². The van der Waals surface area contributed by atoms with Crippen LogP contribution in [0.5, 0.6) is 0 Å². The molecule has 0 aliphatic heterocycles. The Hall–Kier alpha value is -1.67. The second-order valence-corrected chi connectivity index (χ2v) is 7.05. The zero-order chi connectivity index (χ0) is 15.5. The quantitative estimate of drug-likeness (QED) is 0.844. The van der Waals surface area contributed by atoms with Crippen molar-refractivity contribution in [2.24, 2.45) is 0 Å². The molecule has 0 fully saturated rings. The van der Waals surface area contributed by atoms with Crippen LogP contribution in [-0.2, 0) is 16.6 Å². The van der Waals surface area contributed by atoms with Crippen molar-refractivity contribution in [1.82, 2.24) is 4.98 Å². The predicted octanol–water partition coefficient (Wildman–Crippen LogP) is 2.97. The number of pyridine rings is 1. The van der Waals surface area contributed by atoms with Crippen molar-refractivity contribution >= 4 is 37.3 Å². The van der Waals surface area contributed by atoms with E-state index in [1.807, 2.05) is 12.1 Å². The molecule has 0 amide bonds. The second-order valence-electron chi connectivity index (χ2n) is 4.39. The van der Waals surface area contributed by atoms with E-state index < -0.39 is 15.8 Å². The topological polar surface area (TPSA) is 71.1 Å². The predicted molar refractivity (Wildman–Crippen MR) is 84.1 cm³/mol. The van der Waals surface area contributed by atoms with Gasteiger partial charge in [-0.15, -0.1) is 0 Å². The summed E-state index contributed by atoms with van der Waals surface area (Å²) in [5.74, 6) is -0.632. The van der Waals surface area contributed by atoms with Gasteiger partial charge in [0.15, 0.2) is 0 Å². The molecule has 5 nitrogen and oxygen atoms in total. The fourth-order valence-corrected chi connectivity index (χ4v) is 2.41. The van der Waals surface area contributed by atoms with Crippen molar-refractivity contribution in [3.05, 3.63) is 52.5 Å². The average Bonchev–Trinajstić information content (AvgIpc) is 2.40. The summed E-state index contributed by atoms with van der Waals surface area (Å²) in [5, 5.41) is 3.05. The third kappa shape index (κ3) is 4.98. The minimum absolute atomic E-state index is 0.0914. The molecule has 0 aliphatic carbocycles. The number of sulfonamides is 1. The highest BCUT2D eigenvalue weighted by molar-refractivity contribution is 9.10. The van der Waals surface area contributed by atoms with Gasteiger partial charge in [-0.3, -0.25) is 9.71 Å². The first kappa shape index (κ1) is 15.7. The van der Waals surface area contributed by atoms with Gasteiger partial charge in [-0.25, -0.2) is 12.8 Å². The molecule has 1 aromatic carbocycles. The number of halogens is 2. The summed E-state index contributed by atoms with van der Waals surface area (Å²) in [4.78, 5) is 4.20. The number of benzene rings is 1. The minimum atomic E-state index is -3.52. The number of nitrogens with zero attached hydrogens (tertiary/aromatic N) is 1. The lowest BCUT2D eigenvalue weighted by molar-refractivity contribution is 0.604. The monoisotopic (exact) mass is 373 g/mol. The van der Waals surface area contributed by atoms with Crippen molar-refractivity contribution in [1.29, 1.82) is 0 Å². The molecule has 2 aromatic rings. The minimum Gasteiger partial charge on any atom is -0.379 e. The molecule has 0 aliphatic rings. The highest BCUT2D eigenvalue weighted by atomic mass is 79.9. The Morgan fingerprint density at radius 3 is 2.67 bits per heavy atom. The maximum atomic E-state index is 13.5. The fraction of sp³-hybridized carbons (Fsp3) is 0.154. The largest absolute Gasteiger partial charge is 0.379 e. The van der Waals surface area contributed by atoms with E-state index in [4.69, 9.17) is 0 Å². The summed E-state index contributed by atoms with van der Waals surface area (Å²) < 4.78 is 38.9. The summed E-state index contributed by atoms with van der Waals surface area (Å²) in [6.07, 6.45) is 2.65. The van der Waals surface area contributed by atoms with Crippen LogP contribution in [0, 0.1) is 5.82 Å². The zero-order valence-corrected chi connectivity index (χ0v) is 13.5. The lowest BCUT2D eigenvalue weighted by Crippen LogP contribution is -2.11. The van der Waals surface area contributed by atoms with Crippen molar-refractivity contribution in [2.75, 3.05) is 16.3 Å². The molecule has 0 unspecified atom stereocenters. The Bertz CT molecular complexity index is 736.